The molecule has 0 radical (unpaired) electrons. The number of rotatable bonds is 0. The summed E-state index contributed by atoms with van der Waals surface area (Å²) in [4.78, 5) is 11.1. The summed E-state index contributed by atoms with van der Waals surface area (Å²) < 4.78 is 0. The molecule has 0 aromatic rings. The molecule has 2 aliphatic carbocycles. The zero-order chi connectivity index (χ0) is 6.97. The van der Waals surface area contributed by atoms with Gasteiger partial charge >= 0.3 is 0 Å². The van der Waals surface area contributed by atoms with Crippen LogP contribution in [0.5, 0.6) is 0 Å². The second-order valence-electron chi connectivity index (χ2n) is 2.87. The van der Waals surface area contributed by atoms with E-state index >= 15 is 0 Å². The molecule has 2 rings (SSSR count). The Kier molecular flexibility index (Phi) is 1.23. The van der Waals surface area contributed by atoms with Crippen molar-refractivity contribution in [3.05, 3.63) is 23.3 Å². The summed E-state index contributed by atoms with van der Waals surface area (Å²) in [6.07, 6.45) is 8.08. The lowest BCUT2D eigenvalue weighted by molar-refractivity contribution is -0.115. The molecule has 0 aromatic carbocycles. The van der Waals surface area contributed by atoms with E-state index in [4.69, 9.17) is 0 Å². The lowest BCUT2D eigenvalue weighted by atomic mass is 10.0. The van der Waals surface area contributed by atoms with Gasteiger partial charge in [0.1, 0.15) is 0 Å². The molecule has 0 aromatic heterocycles. The van der Waals surface area contributed by atoms with Gasteiger partial charge in [-0.15, -0.1) is 0 Å². The summed E-state index contributed by atoms with van der Waals surface area (Å²) in [5, 5.41) is 0. The first kappa shape index (κ1) is 5.90. The van der Waals surface area contributed by atoms with Crippen LogP contribution < -0.4 is 0 Å². The number of hydrogen-bond donors (Lipinski definition) is 0. The summed E-state index contributed by atoms with van der Waals surface area (Å²) in [5.74, 6) is 0.388. The third-order valence-electron chi connectivity index (χ3n) is 2.23. The van der Waals surface area contributed by atoms with Crippen LogP contribution in [0.2, 0.25) is 0 Å². The molecular formula is C9H10O. The molecule has 52 valence electrons. The SMILES string of the molecule is O=C1CCC2=C1CCC=C2. The predicted molar refractivity (Wildman–Crippen MR) is 39.6 cm³/mol. The van der Waals surface area contributed by atoms with Crippen LogP contribution in [0, 0.1) is 0 Å². The average molecular weight is 134 g/mol. The van der Waals surface area contributed by atoms with Crippen molar-refractivity contribution in [3.63, 3.8) is 0 Å². The molecule has 0 atom stereocenters. The maximum absolute atomic E-state index is 11.1. The molecule has 10 heavy (non-hydrogen) atoms. The molecule has 0 bridgehead atoms. The Morgan fingerprint density at radius 3 is 2.90 bits per heavy atom. The number of hydrogen-bond acceptors (Lipinski definition) is 1. The van der Waals surface area contributed by atoms with E-state index in [0.29, 0.717) is 5.78 Å². The maximum atomic E-state index is 11.1. The minimum atomic E-state index is 0.388. The van der Waals surface area contributed by atoms with Crippen molar-refractivity contribution in [1.29, 1.82) is 0 Å². The fraction of sp³-hybridized carbons (Fsp3) is 0.444. The minimum Gasteiger partial charge on any atom is -0.295 e. The van der Waals surface area contributed by atoms with Gasteiger partial charge in [0, 0.05) is 6.42 Å². The lowest BCUT2D eigenvalue weighted by Crippen LogP contribution is -1.97. The van der Waals surface area contributed by atoms with Crippen molar-refractivity contribution in [1.82, 2.24) is 0 Å². The van der Waals surface area contributed by atoms with E-state index in [9.17, 15) is 4.79 Å². The zero-order valence-corrected chi connectivity index (χ0v) is 5.89. The number of carbonyl (C=O) groups excluding carboxylic acids is 1. The molecule has 0 saturated heterocycles. The molecule has 0 unspecified atom stereocenters. The molecule has 0 aliphatic heterocycles. The molecule has 0 saturated carbocycles. The van der Waals surface area contributed by atoms with Crippen LogP contribution in [0.25, 0.3) is 0 Å². The van der Waals surface area contributed by atoms with Gasteiger partial charge in [-0.2, -0.15) is 0 Å². The number of ketones is 1. The predicted octanol–water partition coefficient (Wildman–Crippen LogP) is 2.00. The summed E-state index contributed by atoms with van der Waals surface area (Å²) in [5.41, 5.74) is 2.42. The normalized spacial score (nSPS) is 23.8. The molecule has 0 amide bonds. The summed E-state index contributed by atoms with van der Waals surface area (Å²) in [7, 11) is 0. The molecule has 2 aliphatic rings. The monoisotopic (exact) mass is 134 g/mol. The summed E-state index contributed by atoms with van der Waals surface area (Å²) in [6.45, 7) is 0. The highest BCUT2D eigenvalue weighted by Gasteiger charge is 2.21. The quantitative estimate of drug-likeness (QED) is 0.495. The average Bonchev–Trinajstić information content (AvgIpc) is 2.34. The van der Waals surface area contributed by atoms with Gasteiger partial charge in [-0.1, -0.05) is 12.2 Å². The first-order chi connectivity index (χ1) is 4.88. The van der Waals surface area contributed by atoms with Gasteiger partial charge in [0.25, 0.3) is 0 Å². The standard InChI is InChI=1S/C9H10O/c10-9-6-5-7-3-1-2-4-8(7)9/h1,3H,2,4-6H2. The van der Waals surface area contributed by atoms with Crippen LogP contribution >= 0.6 is 0 Å². The largest absolute Gasteiger partial charge is 0.295 e. The summed E-state index contributed by atoms with van der Waals surface area (Å²) >= 11 is 0. The molecule has 0 spiro atoms. The van der Waals surface area contributed by atoms with Gasteiger partial charge in [0.15, 0.2) is 5.78 Å². The molecular weight excluding hydrogens is 124 g/mol. The van der Waals surface area contributed by atoms with Crippen molar-refractivity contribution in [3.8, 4) is 0 Å². The Balaban J connectivity index is 2.38. The van der Waals surface area contributed by atoms with E-state index in [1.54, 1.807) is 0 Å². The fourth-order valence-corrected chi connectivity index (χ4v) is 1.67. The van der Waals surface area contributed by atoms with Crippen molar-refractivity contribution in [2.75, 3.05) is 0 Å². The Bertz CT molecular complexity index is 233. The second kappa shape index (κ2) is 2.08. The van der Waals surface area contributed by atoms with Gasteiger partial charge in [-0.25, -0.2) is 0 Å². The first-order valence-electron chi connectivity index (χ1n) is 3.80. The van der Waals surface area contributed by atoms with Crippen LogP contribution in [-0.2, 0) is 4.79 Å². The van der Waals surface area contributed by atoms with Crippen LogP contribution in [0.1, 0.15) is 25.7 Å². The van der Waals surface area contributed by atoms with Crippen LogP contribution in [0.3, 0.4) is 0 Å². The fourth-order valence-electron chi connectivity index (χ4n) is 1.67. The second-order valence-corrected chi connectivity index (χ2v) is 2.87. The Labute approximate surface area is 60.4 Å². The number of Topliss-reactive ketones (excluding diaryl/α,β-unsaturated/α-hetero) is 1. The van der Waals surface area contributed by atoms with Gasteiger partial charge in [0.2, 0.25) is 0 Å². The molecule has 1 heteroatoms. The Morgan fingerprint density at radius 1 is 1.20 bits per heavy atom. The van der Waals surface area contributed by atoms with Crippen LogP contribution in [0.15, 0.2) is 23.3 Å². The molecule has 0 heterocycles. The van der Waals surface area contributed by atoms with Crippen molar-refractivity contribution >= 4 is 5.78 Å². The number of allylic oxidation sites excluding steroid dienone is 4. The number of carbonyl (C=O) groups is 1. The third kappa shape index (κ3) is 0.737. The highest BCUT2D eigenvalue weighted by molar-refractivity contribution is 5.99. The minimum absolute atomic E-state index is 0.388. The smallest absolute Gasteiger partial charge is 0.159 e. The topological polar surface area (TPSA) is 17.1 Å². The van der Waals surface area contributed by atoms with E-state index in [1.807, 2.05) is 0 Å². The van der Waals surface area contributed by atoms with Gasteiger partial charge in [-0.3, -0.25) is 4.79 Å². The maximum Gasteiger partial charge on any atom is 0.159 e. The van der Waals surface area contributed by atoms with E-state index < -0.39 is 0 Å². The van der Waals surface area contributed by atoms with Crippen LogP contribution in [0.4, 0.5) is 0 Å². The van der Waals surface area contributed by atoms with Crippen molar-refractivity contribution in [2.45, 2.75) is 25.7 Å². The molecule has 1 nitrogen and oxygen atoms in total. The third-order valence-corrected chi connectivity index (χ3v) is 2.23. The van der Waals surface area contributed by atoms with E-state index in [2.05, 4.69) is 12.2 Å². The van der Waals surface area contributed by atoms with E-state index in [0.717, 1.165) is 31.3 Å². The molecule has 0 fully saturated rings. The van der Waals surface area contributed by atoms with E-state index in [1.165, 1.54) is 5.57 Å². The van der Waals surface area contributed by atoms with Gasteiger partial charge in [-0.05, 0) is 30.4 Å². The molecule has 0 N–H and O–H groups in total. The highest BCUT2D eigenvalue weighted by Crippen LogP contribution is 2.30. The van der Waals surface area contributed by atoms with Crippen molar-refractivity contribution in [2.24, 2.45) is 0 Å². The Hall–Kier alpha value is -0.850. The lowest BCUT2D eigenvalue weighted by Gasteiger charge is -2.04. The highest BCUT2D eigenvalue weighted by atomic mass is 16.1. The van der Waals surface area contributed by atoms with Gasteiger partial charge in [0.05, 0.1) is 0 Å². The summed E-state index contributed by atoms with van der Waals surface area (Å²) in [6, 6.07) is 0. The van der Waals surface area contributed by atoms with Gasteiger partial charge < -0.3 is 0 Å². The Morgan fingerprint density at radius 2 is 2.10 bits per heavy atom. The first-order valence-corrected chi connectivity index (χ1v) is 3.80. The van der Waals surface area contributed by atoms with E-state index in [-0.39, 0.29) is 0 Å². The van der Waals surface area contributed by atoms with Crippen molar-refractivity contribution < 1.29 is 4.79 Å². The van der Waals surface area contributed by atoms with Crippen LogP contribution in [-0.4, -0.2) is 5.78 Å². The zero-order valence-electron chi connectivity index (χ0n) is 5.89.